The van der Waals surface area contributed by atoms with E-state index in [1.807, 2.05) is 0 Å². The molecule has 0 saturated heterocycles. The summed E-state index contributed by atoms with van der Waals surface area (Å²) in [5, 5.41) is 14.4. The van der Waals surface area contributed by atoms with Crippen molar-refractivity contribution in [3.63, 3.8) is 0 Å². The summed E-state index contributed by atoms with van der Waals surface area (Å²) in [4.78, 5) is 23.3. The molecule has 3 rings (SSSR count). The third-order valence-corrected chi connectivity index (χ3v) is 7.64. The zero-order chi connectivity index (χ0) is 25.0. The molecule has 1 amide bonds. The minimum Gasteiger partial charge on any atom is -0.324 e. The second kappa shape index (κ2) is 10.7. The Hall–Kier alpha value is -2.69. The van der Waals surface area contributed by atoms with Crippen LogP contribution in [0, 0.1) is 17.0 Å². The molecular formula is C22H18Cl3N3O5S. The van der Waals surface area contributed by atoms with Gasteiger partial charge in [0.05, 0.1) is 22.1 Å². The SMILES string of the molecule is Cc1ccc([N+](=O)[O-])cc1NC(=O)CN(Cc1c(Cl)cccc1Cl)S(=O)(=O)c1ccc(Cl)cc1. The highest BCUT2D eigenvalue weighted by Crippen LogP contribution is 2.29. The van der Waals surface area contributed by atoms with Gasteiger partial charge in [0.2, 0.25) is 15.9 Å². The number of hydrogen-bond acceptors (Lipinski definition) is 5. The van der Waals surface area contributed by atoms with Gasteiger partial charge in [-0.05, 0) is 48.9 Å². The molecule has 0 saturated carbocycles. The molecule has 0 aliphatic carbocycles. The van der Waals surface area contributed by atoms with Crippen LogP contribution in [0.2, 0.25) is 15.1 Å². The van der Waals surface area contributed by atoms with Crippen molar-refractivity contribution in [3.8, 4) is 0 Å². The first-order valence-corrected chi connectivity index (χ1v) is 12.3. The molecule has 8 nitrogen and oxygen atoms in total. The van der Waals surface area contributed by atoms with E-state index in [-0.39, 0.29) is 32.9 Å². The Morgan fingerprint density at radius 1 is 1.03 bits per heavy atom. The number of rotatable bonds is 8. The Morgan fingerprint density at radius 2 is 1.65 bits per heavy atom. The van der Waals surface area contributed by atoms with Crippen molar-refractivity contribution < 1.29 is 18.1 Å². The second-order valence-electron chi connectivity index (χ2n) is 7.23. The number of nitrogens with one attached hydrogen (secondary N) is 1. The summed E-state index contributed by atoms with van der Waals surface area (Å²) >= 11 is 18.4. The van der Waals surface area contributed by atoms with Gasteiger partial charge in [0.15, 0.2) is 0 Å². The van der Waals surface area contributed by atoms with Crippen molar-refractivity contribution >= 4 is 62.1 Å². The lowest BCUT2D eigenvalue weighted by Gasteiger charge is -2.23. The highest BCUT2D eigenvalue weighted by molar-refractivity contribution is 7.89. The largest absolute Gasteiger partial charge is 0.324 e. The van der Waals surface area contributed by atoms with Gasteiger partial charge in [-0.25, -0.2) is 8.42 Å². The van der Waals surface area contributed by atoms with Gasteiger partial charge in [-0.3, -0.25) is 14.9 Å². The fraction of sp³-hybridized carbons (Fsp3) is 0.136. The highest BCUT2D eigenvalue weighted by atomic mass is 35.5. The molecule has 0 radical (unpaired) electrons. The molecule has 0 aliphatic heterocycles. The second-order valence-corrected chi connectivity index (χ2v) is 10.4. The number of non-ortho nitro benzene ring substituents is 1. The molecule has 178 valence electrons. The highest BCUT2D eigenvalue weighted by Gasteiger charge is 2.28. The van der Waals surface area contributed by atoms with Crippen molar-refractivity contribution in [1.29, 1.82) is 0 Å². The Balaban J connectivity index is 1.95. The third kappa shape index (κ3) is 6.05. The number of carbonyl (C=O) groups excluding carboxylic acids is 1. The predicted octanol–water partition coefficient (Wildman–Crippen LogP) is 5.69. The van der Waals surface area contributed by atoms with E-state index < -0.39 is 27.4 Å². The zero-order valence-corrected chi connectivity index (χ0v) is 20.7. The van der Waals surface area contributed by atoms with Gasteiger partial charge in [0.1, 0.15) is 0 Å². The van der Waals surface area contributed by atoms with Gasteiger partial charge in [-0.1, -0.05) is 46.9 Å². The standard InChI is InChI=1S/C22H18Cl3N3O5S/c1-14-5-8-16(28(30)31)11-21(14)26-22(29)13-27(12-18-19(24)3-2-4-20(18)25)34(32,33)17-9-6-15(23)7-10-17/h2-11H,12-13H2,1H3,(H,26,29). The molecule has 1 N–H and O–H groups in total. The molecule has 0 fully saturated rings. The molecule has 0 atom stereocenters. The number of hydrogen-bond donors (Lipinski definition) is 1. The molecule has 3 aromatic carbocycles. The van der Waals surface area contributed by atoms with Crippen molar-refractivity contribution in [2.24, 2.45) is 0 Å². The van der Waals surface area contributed by atoms with Crippen molar-refractivity contribution in [1.82, 2.24) is 4.31 Å². The monoisotopic (exact) mass is 541 g/mol. The normalized spacial score (nSPS) is 11.4. The van der Waals surface area contributed by atoms with Gasteiger partial charge in [-0.15, -0.1) is 0 Å². The Labute approximate surface area is 211 Å². The number of sulfonamides is 1. The van der Waals surface area contributed by atoms with Gasteiger partial charge >= 0.3 is 0 Å². The topological polar surface area (TPSA) is 110 Å². The van der Waals surface area contributed by atoms with Crippen LogP contribution in [0.1, 0.15) is 11.1 Å². The fourth-order valence-electron chi connectivity index (χ4n) is 3.05. The summed E-state index contributed by atoms with van der Waals surface area (Å²) in [6, 6.07) is 14.2. The minimum absolute atomic E-state index is 0.0839. The number of anilines is 1. The van der Waals surface area contributed by atoms with E-state index in [0.29, 0.717) is 16.1 Å². The van der Waals surface area contributed by atoms with E-state index in [2.05, 4.69) is 5.32 Å². The maximum Gasteiger partial charge on any atom is 0.271 e. The lowest BCUT2D eigenvalue weighted by Crippen LogP contribution is -2.37. The number of benzene rings is 3. The van der Waals surface area contributed by atoms with Gasteiger partial charge < -0.3 is 5.32 Å². The van der Waals surface area contributed by atoms with Crippen LogP contribution in [0.3, 0.4) is 0 Å². The summed E-state index contributed by atoms with van der Waals surface area (Å²) in [5.41, 5.74) is 0.871. The number of carbonyl (C=O) groups is 1. The fourth-order valence-corrected chi connectivity index (χ4v) is 5.06. The zero-order valence-electron chi connectivity index (χ0n) is 17.7. The maximum absolute atomic E-state index is 13.4. The van der Waals surface area contributed by atoms with E-state index in [1.54, 1.807) is 25.1 Å². The first-order valence-electron chi connectivity index (χ1n) is 9.72. The van der Waals surface area contributed by atoms with Crippen LogP contribution in [-0.4, -0.2) is 30.1 Å². The lowest BCUT2D eigenvalue weighted by molar-refractivity contribution is -0.384. The van der Waals surface area contributed by atoms with Gasteiger partial charge in [0, 0.05) is 39.3 Å². The summed E-state index contributed by atoms with van der Waals surface area (Å²) in [5.74, 6) is -0.704. The summed E-state index contributed by atoms with van der Waals surface area (Å²) < 4.78 is 27.7. The first-order chi connectivity index (χ1) is 16.0. The third-order valence-electron chi connectivity index (χ3n) is 4.87. The summed E-state index contributed by atoms with van der Waals surface area (Å²) in [6.45, 7) is 0.768. The molecule has 0 aromatic heterocycles. The number of aryl methyl sites for hydroxylation is 1. The molecule has 0 heterocycles. The first kappa shape index (κ1) is 25.9. The van der Waals surface area contributed by atoms with Crippen molar-refractivity contribution in [2.75, 3.05) is 11.9 Å². The lowest BCUT2D eigenvalue weighted by atomic mass is 10.2. The van der Waals surface area contributed by atoms with Gasteiger partial charge in [-0.2, -0.15) is 4.31 Å². The molecule has 12 heteroatoms. The quantitative estimate of drug-likeness (QED) is 0.290. The smallest absolute Gasteiger partial charge is 0.271 e. The average molecular weight is 543 g/mol. The van der Waals surface area contributed by atoms with E-state index in [4.69, 9.17) is 34.8 Å². The number of nitrogens with zero attached hydrogens (tertiary/aromatic N) is 2. The van der Waals surface area contributed by atoms with E-state index in [0.717, 1.165) is 4.31 Å². The van der Waals surface area contributed by atoms with Crippen LogP contribution >= 0.6 is 34.8 Å². The van der Waals surface area contributed by atoms with Crippen LogP contribution in [0.5, 0.6) is 0 Å². The molecule has 34 heavy (non-hydrogen) atoms. The summed E-state index contributed by atoms with van der Waals surface area (Å²) in [7, 11) is -4.18. The minimum atomic E-state index is -4.18. The maximum atomic E-state index is 13.4. The van der Waals surface area contributed by atoms with E-state index in [1.165, 1.54) is 42.5 Å². The van der Waals surface area contributed by atoms with E-state index in [9.17, 15) is 23.3 Å². The summed E-state index contributed by atoms with van der Waals surface area (Å²) in [6.07, 6.45) is 0. The predicted molar refractivity (Wildman–Crippen MR) is 132 cm³/mol. The Kier molecular flexibility index (Phi) is 8.17. The number of nitro benzene ring substituents is 1. The van der Waals surface area contributed by atoms with Gasteiger partial charge in [0.25, 0.3) is 5.69 Å². The van der Waals surface area contributed by atoms with Crippen LogP contribution in [0.15, 0.2) is 65.6 Å². The molecular weight excluding hydrogens is 525 g/mol. The number of nitro groups is 1. The Bertz CT molecular complexity index is 1330. The molecule has 0 spiro atoms. The molecule has 0 bridgehead atoms. The van der Waals surface area contributed by atoms with Crippen molar-refractivity contribution in [3.05, 3.63) is 97.0 Å². The van der Waals surface area contributed by atoms with Crippen LogP contribution < -0.4 is 5.32 Å². The molecule has 0 aliphatic rings. The van der Waals surface area contributed by atoms with Crippen LogP contribution in [-0.2, 0) is 21.4 Å². The average Bonchev–Trinajstić information content (AvgIpc) is 2.77. The number of halogens is 3. The van der Waals surface area contributed by atoms with Crippen molar-refractivity contribution in [2.45, 2.75) is 18.4 Å². The molecule has 0 unspecified atom stereocenters. The van der Waals surface area contributed by atoms with E-state index >= 15 is 0 Å². The number of amides is 1. The Morgan fingerprint density at radius 3 is 2.24 bits per heavy atom. The molecule has 3 aromatic rings. The van der Waals surface area contributed by atoms with Crippen LogP contribution in [0.25, 0.3) is 0 Å². The van der Waals surface area contributed by atoms with Crippen LogP contribution in [0.4, 0.5) is 11.4 Å².